The van der Waals surface area contributed by atoms with Crippen LogP contribution in [-0.2, 0) is 4.74 Å². The van der Waals surface area contributed by atoms with Crippen LogP contribution in [0.3, 0.4) is 0 Å². The van der Waals surface area contributed by atoms with Crippen LogP contribution in [0.5, 0.6) is 0 Å². The maximum absolute atomic E-state index is 5.79. The van der Waals surface area contributed by atoms with Crippen LogP contribution < -0.4 is 5.32 Å². The van der Waals surface area contributed by atoms with E-state index in [9.17, 15) is 0 Å². The third-order valence-electron chi connectivity index (χ3n) is 3.57. The summed E-state index contributed by atoms with van der Waals surface area (Å²) in [5, 5.41) is 4.56. The van der Waals surface area contributed by atoms with Gasteiger partial charge in [-0.25, -0.2) is 4.98 Å². The van der Waals surface area contributed by atoms with Gasteiger partial charge in [0.1, 0.15) is 0 Å². The highest BCUT2D eigenvalue weighted by Gasteiger charge is 2.30. The summed E-state index contributed by atoms with van der Waals surface area (Å²) in [6.45, 7) is 3.11. The van der Waals surface area contributed by atoms with Gasteiger partial charge in [0.05, 0.1) is 16.3 Å². The molecule has 0 amide bonds. The molecule has 0 atom stereocenters. The molecule has 0 saturated heterocycles. The van der Waals surface area contributed by atoms with Gasteiger partial charge in [-0.05, 0) is 31.4 Å². The molecule has 1 heterocycles. The van der Waals surface area contributed by atoms with E-state index in [-0.39, 0.29) is 0 Å². The highest BCUT2D eigenvalue weighted by atomic mass is 32.1. The molecule has 3 nitrogen and oxygen atoms in total. The summed E-state index contributed by atoms with van der Waals surface area (Å²) in [5.74, 6) is 0. The number of rotatable bonds is 6. The second-order valence-electron chi connectivity index (χ2n) is 5.15. The molecule has 1 aromatic carbocycles. The van der Waals surface area contributed by atoms with Crippen LogP contribution >= 0.6 is 11.3 Å². The second-order valence-corrected chi connectivity index (χ2v) is 6.18. The van der Waals surface area contributed by atoms with E-state index in [1.54, 1.807) is 11.3 Å². The number of nitrogens with zero attached hydrogens (tertiary/aromatic N) is 1. The summed E-state index contributed by atoms with van der Waals surface area (Å²) in [7, 11) is 0. The van der Waals surface area contributed by atoms with E-state index in [2.05, 4.69) is 35.4 Å². The van der Waals surface area contributed by atoms with Gasteiger partial charge in [-0.15, -0.1) is 0 Å². The van der Waals surface area contributed by atoms with Crippen LogP contribution in [-0.4, -0.2) is 23.7 Å². The molecule has 19 heavy (non-hydrogen) atoms. The number of aromatic nitrogens is 1. The molecular formula is C15H20N2OS. The SMILES string of the molecule is CCCCO[C@H]1C[C@@H](Nc2nc3ccccc3s2)C1. The molecule has 1 aliphatic rings. The first-order valence-corrected chi connectivity index (χ1v) is 7.90. The predicted molar refractivity (Wildman–Crippen MR) is 80.9 cm³/mol. The molecule has 1 N–H and O–H groups in total. The number of unbranched alkanes of at least 4 members (excludes halogenated alkanes) is 1. The summed E-state index contributed by atoms with van der Waals surface area (Å²) in [4.78, 5) is 4.60. The average Bonchev–Trinajstić information content (AvgIpc) is 2.78. The maximum atomic E-state index is 5.79. The summed E-state index contributed by atoms with van der Waals surface area (Å²) in [6, 6.07) is 8.81. The Bertz CT molecular complexity index is 501. The quantitative estimate of drug-likeness (QED) is 0.808. The molecule has 0 aliphatic heterocycles. The first-order valence-electron chi connectivity index (χ1n) is 7.09. The van der Waals surface area contributed by atoms with Gasteiger partial charge in [0, 0.05) is 12.6 Å². The summed E-state index contributed by atoms with van der Waals surface area (Å²) < 4.78 is 7.04. The highest BCUT2D eigenvalue weighted by molar-refractivity contribution is 7.22. The van der Waals surface area contributed by atoms with Gasteiger partial charge in [-0.2, -0.15) is 0 Å². The molecule has 102 valence electrons. The van der Waals surface area contributed by atoms with Crippen LogP contribution in [0.1, 0.15) is 32.6 Å². The van der Waals surface area contributed by atoms with Crippen molar-refractivity contribution in [3.8, 4) is 0 Å². The van der Waals surface area contributed by atoms with Gasteiger partial charge in [0.25, 0.3) is 0 Å². The van der Waals surface area contributed by atoms with E-state index in [4.69, 9.17) is 4.74 Å². The molecule has 3 rings (SSSR count). The zero-order valence-corrected chi connectivity index (χ0v) is 12.1. The second kappa shape index (κ2) is 5.88. The summed E-state index contributed by atoms with van der Waals surface area (Å²) >= 11 is 1.73. The van der Waals surface area contributed by atoms with Crippen molar-refractivity contribution in [2.45, 2.75) is 44.8 Å². The molecule has 0 bridgehead atoms. The Labute approximate surface area is 118 Å². The molecule has 0 radical (unpaired) electrons. The fourth-order valence-corrected chi connectivity index (χ4v) is 3.27. The fourth-order valence-electron chi connectivity index (χ4n) is 2.32. The number of nitrogens with one attached hydrogen (secondary N) is 1. The Morgan fingerprint density at radius 3 is 3.00 bits per heavy atom. The molecule has 2 aromatic rings. The van der Waals surface area contributed by atoms with E-state index in [0.29, 0.717) is 12.1 Å². The van der Waals surface area contributed by atoms with Gasteiger partial charge < -0.3 is 10.1 Å². The smallest absolute Gasteiger partial charge is 0.184 e. The summed E-state index contributed by atoms with van der Waals surface area (Å²) in [5.41, 5.74) is 1.09. The highest BCUT2D eigenvalue weighted by Crippen LogP contribution is 2.31. The standard InChI is InChI=1S/C15H20N2OS/c1-2-3-8-18-12-9-11(10-12)16-15-17-13-6-4-5-7-14(13)19-15/h4-7,11-12H,2-3,8-10H2,1H3,(H,16,17)/t11-,12+. The molecule has 1 fully saturated rings. The summed E-state index contributed by atoms with van der Waals surface area (Å²) in [6.07, 6.45) is 5.06. The Morgan fingerprint density at radius 1 is 1.37 bits per heavy atom. The lowest BCUT2D eigenvalue weighted by Crippen LogP contribution is -2.40. The van der Waals surface area contributed by atoms with E-state index in [1.807, 2.05) is 6.07 Å². The minimum absolute atomic E-state index is 0.457. The van der Waals surface area contributed by atoms with E-state index < -0.39 is 0 Å². The van der Waals surface area contributed by atoms with Gasteiger partial charge in [0.15, 0.2) is 5.13 Å². The topological polar surface area (TPSA) is 34.1 Å². The Hall–Kier alpha value is -1.13. The molecule has 0 spiro atoms. The first-order chi connectivity index (χ1) is 9.35. The Morgan fingerprint density at radius 2 is 2.21 bits per heavy atom. The third kappa shape index (κ3) is 3.07. The molecule has 1 aromatic heterocycles. The lowest BCUT2D eigenvalue weighted by atomic mass is 9.89. The Balaban J connectivity index is 1.48. The molecular weight excluding hydrogens is 256 g/mol. The molecule has 4 heteroatoms. The Kier molecular flexibility index (Phi) is 3.99. The van der Waals surface area contributed by atoms with Crippen molar-refractivity contribution in [2.75, 3.05) is 11.9 Å². The van der Waals surface area contributed by atoms with Gasteiger partial charge in [-0.3, -0.25) is 0 Å². The largest absolute Gasteiger partial charge is 0.378 e. The zero-order valence-electron chi connectivity index (χ0n) is 11.3. The maximum Gasteiger partial charge on any atom is 0.184 e. The first kappa shape index (κ1) is 12.9. The van der Waals surface area contributed by atoms with Gasteiger partial charge in [0.2, 0.25) is 0 Å². The average molecular weight is 276 g/mol. The van der Waals surface area contributed by atoms with E-state index >= 15 is 0 Å². The van der Waals surface area contributed by atoms with Crippen molar-refractivity contribution in [3.05, 3.63) is 24.3 Å². The van der Waals surface area contributed by atoms with E-state index in [0.717, 1.165) is 30.1 Å². The van der Waals surface area contributed by atoms with E-state index in [1.165, 1.54) is 17.5 Å². The number of benzene rings is 1. The molecule has 0 unspecified atom stereocenters. The number of hydrogen-bond donors (Lipinski definition) is 1. The third-order valence-corrected chi connectivity index (χ3v) is 4.54. The van der Waals surface area contributed by atoms with Gasteiger partial charge in [-0.1, -0.05) is 36.8 Å². The lowest BCUT2D eigenvalue weighted by molar-refractivity contribution is -0.00536. The number of ether oxygens (including phenoxy) is 1. The van der Waals surface area contributed by atoms with Crippen molar-refractivity contribution in [1.82, 2.24) is 4.98 Å². The monoisotopic (exact) mass is 276 g/mol. The van der Waals surface area contributed by atoms with Crippen LogP contribution in [0.25, 0.3) is 10.2 Å². The molecule has 1 aliphatic carbocycles. The normalized spacial score (nSPS) is 22.4. The number of anilines is 1. The fraction of sp³-hybridized carbons (Fsp3) is 0.533. The minimum atomic E-state index is 0.457. The van der Waals surface area contributed by atoms with Crippen molar-refractivity contribution < 1.29 is 4.74 Å². The molecule has 1 saturated carbocycles. The van der Waals surface area contributed by atoms with Crippen molar-refractivity contribution >= 4 is 26.7 Å². The number of thiazole rings is 1. The van der Waals surface area contributed by atoms with Crippen LogP contribution in [0, 0.1) is 0 Å². The minimum Gasteiger partial charge on any atom is -0.378 e. The lowest BCUT2D eigenvalue weighted by Gasteiger charge is -2.35. The number of para-hydroxylation sites is 1. The van der Waals surface area contributed by atoms with Gasteiger partial charge >= 0.3 is 0 Å². The van der Waals surface area contributed by atoms with Crippen LogP contribution in [0.15, 0.2) is 24.3 Å². The van der Waals surface area contributed by atoms with Crippen molar-refractivity contribution in [3.63, 3.8) is 0 Å². The van der Waals surface area contributed by atoms with Crippen LogP contribution in [0.4, 0.5) is 5.13 Å². The van der Waals surface area contributed by atoms with Crippen molar-refractivity contribution in [2.24, 2.45) is 0 Å². The van der Waals surface area contributed by atoms with Crippen LogP contribution in [0.2, 0.25) is 0 Å². The van der Waals surface area contributed by atoms with Crippen molar-refractivity contribution in [1.29, 1.82) is 0 Å². The number of fused-ring (bicyclic) bond motifs is 1. The zero-order chi connectivity index (χ0) is 13.1. The predicted octanol–water partition coefficient (Wildman–Crippen LogP) is 4.06. The number of hydrogen-bond acceptors (Lipinski definition) is 4.